The number of halogens is 2. The largest absolute Gasteiger partial charge is 0.496 e. The first-order chi connectivity index (χ1) is 16.6. The van der Waals surface area contributed by atoms with E-state index in [0.29, 0.717) is 12.5 Å². The molecule has 6 rings (SSSR count). The van der Waals surface area contributed by atoms with Gasteiger partial charge in [-0.05, 0) is 79.7 Å². The van der Waals surface area contributed by atoms with Crippen molar-refractivity contribution < 1.29 is 13.5 Å². The van der Waals surface area contributed by atoms with Crippen LogP contribution in [-0.4, -0.2) is 37.2 Å². The fourth-order valence-electron chi connectivity index (χ4n) is 5.90. The van der Waals surface area contributed by atoms with E-state index in [1.165, 1.54) is 37.1 Å². The van der Waals surface area contributed by atoms with Gasteiger partial charge in [0, 0.05) is 30.1 Å². The molecule has 0 aliphatic carbocycles. The van der Waals surface area contributed by atoms with E-state index in [-0.39, 0.29) is 29.6 Å². The summed E-state index contributed by atoms with van der Waals surface area (Å²) in [5, 5.41) is 3.88. The Morgan fingerprint density at radius 3 is 2.06 bits per heavy atom. The van der Waals surface area contributed by atoms with Gasteiger partial charge in [-0.25, -0.2) is 8.78 Å². The van der Waals surface area contributed by atoms with E-state index in [9.17, 15) is 8.78 Å². The lowest BCUT2D eigenvalue weighted by molar-refractivity contribution is 0.142. The zero-order valence-electron chi connectivity index (χ0n) is 19.6. The van der Waals surface area contributed by atoms with Crippen LogP contribution in [0.3, 0.4) is 0 Å². The quantitative estimate of drug-likeness (QED) is 0.484. The minimum atomic E-state index is -0.241. The molecule has 5 heteroatoms. The highest BCUT2D eigenvalue weighted by atomic mass is 19.1. The van der Waals surface area contributed by atoms with Gasteiger partial charge in [-0.3, -0.25) is 4.90 Å². The van der Waals surface area contributed by atoms with E-state index in [0.717, 1.165) is 42.0 Å². The number of hydrogen-bond acceptors (Lipinski definition) is 3. The maximum atomic E-state index is 13.8. The van der Waals surface area contributed by atoms with Gasteiger partial charge in [0.05, 0.1) is 7.11 Å². The van der Waals surface area contributed by atoms with E-state index in [2.05, 4.69) is 16.3 Å². The highest BCUT2D eigenvalue weighted by molar-refractivity contribution is 5.37. The molecule has 3 nitrogen and oxygen atoms in total. The van der Waals surface area contributed by atoms with Crippen LogP contribution in [0.25, 0.3) is 0 Å². The minimum Gasteiger partial charge on any atom is -0.496 e. The third-order valence-electron chi connectivity index (χ3n) is 7.62. The summed E-state index contributed by atoms with van der Waals surface area (Å²) in [6, 6.07) is 22.2. The third kappa shape index (κ3) is 4.86. The average Bonchev–Trinajstić information content (AvgIpc) is 3.14. The second-order valence-electron chi connectivity index (χ2n) is 9.59. The van der Waals surface area contributed by atoms with Gasteiger partial charge in [-0.2, -0.15) is 0 Å². The number of fused-ring (bicyclic) bond motifs is 4. The maximum Gasteiger partial charge on any atom is 0.123 e. The van der Waals surface area contributed by atoms with Crippen LogP contribution in [0.2, 0.25) is 0 Å². The molecule has 0 spiro atoms. The van der Waals surface area contributed by atoms with Crippen LogP contribution in [0.5, 0.6) is 5.75 Å². The topological polar surface area (TPSA) is 24.5 Å². The Kier molecular flexibility index (Phi) is 6.93. The fraction of sp³-hybridized carbons (Fsp3) is 0.379. The summed E-state index contributed by atoms with van der Waals surface area (Å²) in [7, 11) is 1.71. The summed E-state index contributed by atoms with van der Waals surface area (Å²) in [5.41, 5.74) is 3.26. The number of piperidine rings is 1. The third-order valence-corrected chi connectivity index (χ3v) is 7.62. The average molecular weight is 463 g/mol. The first kappa shape index (κ1) is 23.0. The van der Waals surface area contributed by atoms with Crippen molar-refractivity contribution in [2.24, 2.45) is 5.92 Å². The molecule has 0 saturated carbocycles. The number of hydrogen-bond donors (Lipinski definition) is 1. The van der Waals surface area contributed by atoms with Crippen LogP contribution in [0.4, 0.5) is 8.78 Å². The Labute approximate surface area is 200 Å². The van der Waals surface area contributed by atoms with E-state index < -0.39 is 0 Å². The van der Waals surface area contributed by atoms with Gasteiger partial charge < -0.3 is 10.1 Å². The lowest BCUT2D eigenvalue weighted by atomic mass is 9.80. The molecule has 3 aliphatic rings. The Morgan fingerprint density at radius 1 is 0.882 bits per heavy atom. The molecule has 34 heavy (non-hydrogen) atoms. The molecule has 3 aliphatic heterocycles. The lowest BCUT2D eigenvalue weighted by Gasteiger charge is -2.41. The first-order valence-electron chi connectivity index (χ1n) is 12.2. The van der Waals surface area contributed by atoms with Crippen LogP contribution < -0.4 is 10.1 Å². The van der Waals surface area contributed by atoms with Crippen molar-refractivity contribution >= 4 is 0 Å². The van der Waals surface area contributed by atoms with Gasteiger partial charge in [0.25, 0.3) is 0 Å². The highest BCUT2D eigenvalue weighted by Crippen LogP contribution is 2.40. The molecule has 0 radical (unpaired) electrons. The Bertz CT molecular complexity index is 1030. The molecule has 2 bridgehead atoms. The van der Waals surface area contributed by atoms with Crippen LogP contribution >= 0.6 is 0 Å². The zero-order valence-corrected chi connectivity index (χ0v) is 19.6. The van der Waals surface area contributed by atoms with E-state index in [1.807, 2.05) is 42.5 Å². The van der Waals surface area contributed by atoms with Crippen LogP contribution in [0, 0.1) is 17.6 Å². The molecule has 3 aromatic rings. The first-order valence-corrected chi connectivity index (χ1v) is 12.2. The molecule has 2 unspecified atom stereocenters. The maximum absolute atomic E-state index is 13.8. The standard InChI is InChI=1S/C29H32F2N2O/c1-34-27-5-3-2-4-23(27)19-32-26-18-20-14-16-33(17-15-20)29(26)28(21-6-10-24(30)11-7-21)22-8-12-25(31)13-9-22/h2-13,20,26,28-29,32H,14-19H2,1H3. The minimum absolute atomic E-state index is 0.00761. The normalized spacial score (nSPS) is 24.2. The highest BCUT2D eigenvalue weighted by Gasteiger charge is 2.42. The predicted molar refractivity (Wildman–Crippen MR) is 131 cm³/mol. The second kappa shape index (κ2) is 10.2. The molecule has 1 N–H and O–H groups in total. The van der Waals surface area contributed by atoms with Gasteiger partial charge in [-0.1, -0.05) is 42.5 Å². The molecule has 2 atom stereocenters. The number of nitrogens with zero attached hydrogens (tertiary/aromatic N) is 1. The Balaban J connectivity index is 1.53. The lowest BCUT2D eigenvalue weighted by Crippen LogP contribution is -2.52. The monoisotopic (exact) mass is 462 g/mol. The SMILES string of the molecule is COc1ccccc1CNC1CC2CCN(CC2)C1C(c1ccc(F)cc1)c1ccc(F)cc1. The van der Waals surface area contributed by atoms with Crippen molar-refractivity contribution in [3.05, 3.63) is 101 Å². The summed E-state index contributed by atoms with van der Waals surface area (Å²) >= 11 is 0. The van der Waals surface area contributed by atoms with Crippen LogP contribution in [0.1, 0.15) is 41.9 Å². The van der Waals surface area contributed by atoms with Crippen LogP contribution in [0.15, 0.2) is 72.8 Å². The Morgan fingerprint density at radius 2 is 1.47 bits per heavy atom. The van der Waals surface area contributed by atoms with Gasteiger partial charge in [0.2, 0.25) is 0 Å². The van der Waals surface area contributed by atoms with Crippen molar-refractivity contribution in [1.82, 2.24) is 10.2 Å². The van der Waals surface area contributed by atoms with Crippen LogP contribution in [-0.2, 0) is 6.54 Å². The number of benzene rings is 3. The molecule has 3 heterocycles. The molecule has 178 valence electrons. The predicted octanol–water partition coefficient (Wildman–Crippen LogP) is 5.75. The van der Waals surface area contributed by atoms with Crippen molar-refractivity contribution in [2.45, 2.75) is 43.8 Å². The van der Waals surface area contributed by atoms with Gasteiger partial charge >= 0.3 is 0 Å². The van der Waals surface area contributed by atoms with Gasteiger partial charge in [-0.15, -0.1) is 0 Å². The number of ether oxygens (including phenoxy) is 1. The second-order valence-corrected chi connectivity index (χ2v) is 9.59. The number of para-hydroxylation sites is 1. The van der Waals surface area contributed by atoms with Crippen molar-refractivity contribution in [2.75, 3.05) is 20.2 Å². The smallest absolute Gasteiger partial charge is 0.123 e. The summed E-state index contributed by atoms with van der Waals surface area (Å²) in [5.74, 6) is 1.10. The number of rotatable bonds is 7. The molecule has 3 aromatic carbocycles. The van der Waals surface area contributed by atoms with Crippen molar-refractivity contribution in [1.29, 1.82) is 0 Å². The Hall–Kier alpha value is -2.76. The number of methoxy groups -OCH3 is 1. The molecule has 3 saturated heterocycles. The molecular weight excluding hydrogens is 430 g/mol. The van der Waals surface area contributed by atoms with Gasteiger partial charge in [0.1, 0.15) is 17.4 Å². The molecular formula is C29H32F2N2O. The van der Waals surface area contributed by atoms with Crippen molar-refractivity contribution in [3.63, 3.8) is 0 Å². The molecule has 0 aromatic heterocycles. The van der Waals surface area contributed by atoms with Gasteiger partial charge in [0.15, 0.2) is 0 Å². The number of nitrogens with one attached hydrogen (secondary N) is 1. The molecule has 0 amide bonds. The summed E-state index contributed by atoms with van der Waals surface area (Å²) in [4.78, 5) is 2.60. The van der Waals surface area contributed by atoms with E-state index in [4.69, 9.17) is 4.74 Å². The molecule has 3 fully saturated rings. The fourth-order valence-corrected chi connectivity index (χ4v) is 5.90. The summed E-state index contributed by atoms with van der Waals surface area (Å²) in [6.07, 6.45) is 3.49. The summed E-state index contributed by atoms with van der Waals surface area (Å²) < 4.78 is 33.2. The van der Waals surface area contributed by atoms with Crippen molar-refractivity contribution in [3.8, 4) is 5.75 Å². The van der Waals surface area contributed by atoms with E-state index >= 15 is 0 Å². The zero-order chi connectivity index (χ0) is 23.5. The summed E-state index contributed by atoms with van der Waals surface area (Å²) in [6.45, 7) is 2.83. The van der Waals surface area contributed by atoms with E-state index in [1.54, 1.807) is 7.11 Å².